The predicted octanol–water partition coefficient (Wildman–Crippen LogP) is 1.47. The van der Waals surface area contributed by atoms with E-state index >= 15 is 0 Å². The number of hydrazine groups is 4. The van der Waals surface area contributed by atoms with Gasteiger partial charge in [-0.25, -0.2) is 10.6 Å². The molecule has 3 N–H and O–H groups in total. The lowest BCUT2D eigenvalue weighted by molar-refractivity contribution is -0.676. The molecular weight excluding hydrogens is 392 g/mol. The van der Waals surface area contributed by atoms with Crippen LogP contribution < -0.4 is 5.84 Å². The molecule has 0 spiro atoms. The fourth-order valence-corrected chi connectivity index (χ4v) is 3.50. The lowest BCUT2D eigenvalue weighted by Gasteiger charge is -2.28. The molecule has 30 heavy (non-hydrogen) atoms. The number of carboxylic acid groups (broad SMARTS) is 1. The maximum Gasteiger partial charge on any atom is 0.498 e. The highest BCUT2D eigenvalue weighted by atomic mass is 16.6. The molecule has 11 heteroatoms. The highest BCUT2D eigenvalue weighted by Gasteiger charge is 2.48. The average Bonchev–Trinajstić information content (AvgIpc) is 3.01. The molecule has 2 aliphatic heterocycles. The molecule has 1 saturated heterocycles. The van der Waals surface area contributed by atoms with Crippen molar-refractivity contribution in [1.82, 2.24) is 20.3 Å². The van der Waals surface area contributed by atoms with Gasteiger partial charge < -0.3 is 15.1 Å². The number of amides is 1. The van der Waals surface area contributed by atoms with Crippen molar-refractivity contribution in [2.75, 3.05) is 19.6 Å². The van der Waals surface area contributed by atoms with Crippen LogP contribution in [0.2, 0.25) is 0 Å². The molecule has 0 radical (unpaired) electrons. The number of carbonyl (C=O) groups is 2. The minimum Gasteiger partial charge on any atom is -0.721 e. The van der Waals surface area contributed by atoms with E-state index in [1.54, 1.807) is 0 Å². The van der Waals surface area contributed by atoms with Gasteiger partial charge in [-0.05, 0) is 42.8 Å². The summed E-state index contributed by atoms with van der Waals surface area (Å²) in [5, 5.41) is 24.9. The number of carboxylic acids is 1. The molecule has 0 unspecified atom stereocenters. The van der Waals surface area contributed by atoms with Crippen molar-refractivity contribution in [2.45, 2.75) is 45.1 Å². The summed E-state index contributed by atoms with van der Waals surface area (Å²) in [6.07, 6.45) is 2.99. The molecule has 0 atom stereocenters. The number of rotatable bonds is 7. The zero-order valence-corrected chi connectivity index (χ0v) is 16.9. The number of nitrogens with zero attached hydrogens (tertiary/aromatic N) is 5. The Balaban J connectivity index is 1.75. The largest absolute Gasteiger partial charge is 0.721 e. The lowest BCUT2D eigenvalue weighted by Crippen LogP contribution is -2.56. The van der Waals surface area contributed by atoms with Crippen LogP contribution in [0.25, 0.3) is 0 Å². The molecule has 1 amide bonds. The zero-order valence-electron chi connectivity index (χ0n) is 16.9. The van der Waals surface area contributed by atoms with E-state index in [4.69, 9.17) is 15.7 Å². The third-order valence-corrected chi connectivity index (χ3v) is 5.03. The molecule has 11 nitrogen and oxygen atoms in total. The van der Waals surface area contributed by atoms with Gasteiger partial charge in [0.1, 0.15) is 6.61 Å². The Hall–Kier alpha value is -3.05. The molecular formula is C19H28N6O5. The molecule has 2 aliphatic rings. The summed E-state index contributed by atoms with van der Waals surface area (Å²) in [6, 6.07) is 9.24. The summed E-state index contributed by atoms with van der Waals surface area (Å²) in [6.45, 7) is 1.52. The molecule has 0 bridgehead atoms. The number of hydrogen-bond donors (Lipinski definition) is 2. The zero-order chi connectivity index (χ0) is 21.5. The molecule has 2 heterocycles. The van der Waals surface area contributed by atoms with Crippen molar-refractivity contribution in [3.63, 3.8) is 0 Å². The van der Waals surface area contributed by atoms with Gasteiger partial charge in [0.25, 0.3) is 0 Å². The van der Waals surface area contributed by atoms with Crippen molar-refractivity contribution in [3.05, 3.63) is 41.1 Å². The van der Waals surface area contributed by atoms with Gasteiger partial charge in [-0.2, -0.15) is 0 Å². The molecule has 1 aromatic rings. The van der Waals surface area contributed by atoms with E-state index in [0.29, 0.717) is 30.8 Å². The summed E-state index contributed by atoms with van der Waals surface area (Å²) in [5.41, 5.74) is 0.821. The summed E-state index contributed by atoms with van der Waals surface area (Å²) in [5.74, 6) is 5.16. The van der Waals surface area contributed by atoms with Crippen molar-refractivity contribution in [3.8, 4) is 0 Å². The number of nitrogens with two attached hydrogens (primary N) is 1. The number of carbonyl (C=O) groups excluding carboxylic acids is 1. The first kappa shape index (κ1) is 21.7. The Morgan fingerprint density at radius 1 is 1.13 bits per heavy atom. The number of aliphatic carboxylic acids is 1. The minimum atomic E-state index is -0.897. The number of piperidine rings is 1. The molecule has 3 rings (SSSR count). The van der Waals surface area contributed by atoms with E-state index in [-0.39, 0.29) is 25.5 Å². The normalized spacial score (nSPS) is 17.6. The smallest absolute Gasteiger partial charge is 0.498 e. The quantitative estimate of drug-likeness (QED) is 0.291. The number of ether oxygens (including phenoxy) is 1. The van der Waals surface area contributed by atoms with Crippen LogP contribution in [0, 0.1) is 5.21 Å². The van der Waals surface area contributed by atoms with Gasteiger partial charge in [0, 0.05) is 6.42 Å². The van der Waals surface area contributed by atoms with Gasteiger partial charge in [-0.3, -0.25) is 9.69 Å². The second-order valence-corrected chi connectivity index (χ2v) is 7.24. The van der Waals surface area contributed by atoms with E-state index in [1.165, 1.54) is 5.12 Å². The minimum absolute atomic E-state index is 0.000646. The first-order chi connectivity index (χ1) is 14.5. The Labute approximate surface area is 175 Å². The number of hydrazone groups is 1. The second kappa shape index (κ2) is 10.1. The predicted molar refractivity (Wildman–Crippen MR) is 107 cm³/mol. The topological polar surface area (TPSA) is 129 Å². The van der Waals surface area contributed by atoms with E-state index < -0.39 is 12.1 Å². The van der Waals surface area contributed by atoms with Gasteiger partial charge in [0.15, 0.2) is 0 Å². The molecule has 1 fully saturated rings. The van der Waals surface area contributed by atoms with Crippen LogP contribution in [0.15, 0.2) is 30.3 Å². The van der Waals surface area contributed by atoms with Gasteiger partial charge in [0.05, 0.1) is 19.6 Å². The van der Waals surface area contributed by atoms with Crippen molar-refractivity contribution < 1.29 is 24.3 Å². The van der Waals surface area contributed by atoms with Crippen LogP contribution >= 0.6 is 0 Å². The monoisotopic (exact) mass is 420 g/mol. The maximum absolute atomic E-state index is 13.0. The molecule has 0 saturated carbocycles. The SMILES string of the molecule is NN1N(CCCCC(=O)O)N(C(=O)OCc2ccccc2)C(N2CCCCC2)=[N+]1[O-]. The molecule has 0 aromatic heterocycles. The third kappa shape index (κ3) is 5.10. The van der Waals surface area contributed by atoms with E-state index in [2.05, 4.69) is 0 Å². The van der Waals surface area contributed by atoms with Gasteiger partial charge >= 0.3 is 18.0 Å². The van der Waals surface area contributed by atoms with Crippen molar-refractivity contribution in [1.29, 1.82) is 0 Å². The molecule has 1 aromatic carbocycles. The van der Waals surface area contributed by atoms with Crippen LogP contribution in [0.3, 0.4) is 0 Å². The Bertz CT molecular complexity index is 768. The summed E-state index contributed by atoms with van der Waals surface area (Å²) in [4.78, 5) is 26.1. The molecule has 164 valence electrons. The van der Waals surface area contributed by atoms with Crippen LogP contribution in [0.1, 0.15) is 44.1 Å². The third-order valence-electron chi connectivity index (χ3n) is 5.03. The van der Waals surface area contributed by atoms with E-state index in [1.807, 2.05) is 35.2 Å². The number of unbranched alkanes of at least 4 members (excludes halogenated alkanes) is 1. The average molecular weight is 420 g/mol. The van der Waals surface area contributed by atoms with Gasteiger partial charge in [0.2, 0.25) is 0 Å². The standard InChI is InChI=1S/C19H28N6O5/c20-25-22(14-8-5-11-17(26)27)23(18(24(25)29)21-12-6-2-7-13-21)19(28)30-15-16-9-3-1-4-10-16/h1,3-4,9-10H,2,5-8,11-15,20H2,(H,26,27). The fourth-order valence-electron chi connectivity index (χ4n) is 3.50. The summed E-state index contributed by atoms with van der Waals surface area (Å²) >= 11 is 0. The Morgan fingerprint density at radius 3 is 2.50 bits per heavy atom. The van der Waals surface area contributed by atoms with E-state index in [0.717, 1.165) is 35.1 Å². The number of benzene rings is 1. The van der Waals surface area contributed by atoms with Crippen molar-refractivity contribution >= 4 is 18.0 Å². The van der Waals surface area contributed by atoms with Gasteiger partial charge in [-0.1, -0.05) is 40.6 Å². The second-order valence-electron chi connectivity index (χ2n) is 7.24. The fraction of sp³-hybridized carbons (Fsp3) is 0.526. The van der Waals surface area contributed by atoms with Crippen molar-refractivity contribution in [2.24, 2.45) is 5.84 Å². The number of likely N-dealkylation sites (tertiary alicyclic amines) is 1. The Kier molecular flexibility index (Phi) is 7.31. The highest BCUT2D eigenvalue weighted by molar-refractivity contribution is 5.91. The van der Waals surface area contributed by atoms with Crippen LogP contribution in [-0.4, -0.2) is 67.9 Å². The highest BCUT2D eigenvalue weighted by Crippen LogP contribution is 2.20. The maximum atomic E-state index is 13.0. The van der Waals surface area contributed by atoms with E-state index in [9.17, 15) is 14.8 Å². The van der Waals surface area contributed by atoms with Crippen LogP contribution in [0.5, 0.6) is 0 Å². The first-order valence-electron chi connectivity index (χ1n) is 10.1. The molecule has 0 aliphatic carbocycles. The van der Waals surface area contributed by atoms with Crippen LogP contribution in [-0.2, 0) is 16.1 Å². The number of guanidine groups is 1. The summed E-state index contributed by atoms with van der Waals surface area (Å²) < 4.78 is 5.46. The Morgan fingerprint density at radius 2 is 1.83 bits per heavy atom. The first-order valence-corrected chi connectivity index (χ1v) is 10.1. The van der Waals surface area contributed by atoms with Crippen LogP contribution in [0.4, 0.5) is 4.79 Å². The van der Waals surface area contributed by atoms with Gasteiger partial charge in [-0.15, -0.1) is 4.85 Å². The summed E-state index contributed by atoms with van der Waals surface area (Å²) in [7, 11) is 0. The number of hydrogen-bond acceptors (Lipinski definition) is 8. The lowest BCUT2D eigenvalue weighted by atomic mass is 10.1.